The Morgan fingerprint density at radius 2 is 1.18 bits per heavy atom. The van der Waals surface area contributed by atoms with E-state index in [-0.39, 0.29) is 22.4 Å². The zero-order valence-corrected chi connectivity index (χ0v) is 7.57. The summed E-state index contributed by atoms with van der Waals surface area (Å²) in [6, 6.07) is 0. The Kier molecular flexibility index (Phi) is 6.46. The number of carbonyl (C=O) groups excluding carboxylic acids is 2. The van der Waals surface area contributed by atoms with Crippen LogP contribution in [0.25, 0.3) is 0 Å². The van der Waals surface area contributed by atoms with Gasteiger partial charge in [-0.15, -0.1) is 0 Å². The number of hydrogen-bond acceptors (Lipinski definition) is 4. The average Bonchev–Trinajstić information content (AvgIpc) is 1.84. The summed E-state index contributed by atoms with van der Waals surface area (Å²) in [6.07, 6.45) is 0. The first-order valence-corrected chi connectivity index (χ1v) is 2.88. The van der Waals surface area contributed by atoms with Gasteiger partial charge in [0.05, 0.1) is 0 Å². The van der Waals surface area contributed by atoms with Crippen molar-refractivity contribution in [3.05, 3.63) is 0 Å². The zero-order valence-electron chi connectivity index (χ0n) is 6.09. The third-order valence-electron chi connectivity index (χ3n) is 1.49. The Labute approximate surface area is 80.1 Å². The van der Waals surface area contributed by atoms with Crippen molar-refractivity contribution in [3.8, 4) is 0 Å². The van der Waals surface area contributed by atoms with E-state index in [1.807, 2.05) is 0 Å². The standard InChI is InChI=1S/C6H10O4.Ag/c1-3(5(7)8)4(2)6(9)10;/h3-4H,1-2H3,(H,7,8)(H,9,10);/q;+2/p-2. The van der Waals surface area contributed by atoms with Crippen molar-refractivity contribution in [2.24, 2.45) is 11.8 Å². The number of rotatable bonds is 3. The molecule has 4 nitrogen and oxygen atoms in total. The number of carbonyl (C=O) groups is 2. The molecule has 2 atom stereocenters. The molecule has 0 saturated carbocycles. The second-order valence-corrected chi connectivity index (χ2v) is 2.22. The molecule has 0 aliphatic heterocycles. The first-order valence-electron chi connectivity index (χ1n) is 2.88. The van der Waals surface area contributed by atoms with Gasteiger partial charge in [-0.25, -0.2) is 0 Å². The van der Waals surface area contributed by atoms with Crippen LogP contribution in [0.5, 0.6) is 0 Å². The van der Waals surface area contributed by atoms with Gasteiger partial charge in [-0.1, -0.05) is 13.8 Å². The average molecular weight is 252 g/mol. The fourth-order valence-electron chi connectivity index (χ4n) is 0.408. The van der Waals surface area contributed by atoms with Gasteiger partial charge >= 0.3 is 22.4 Å². The molecule has 0 aromatic rings. The van der Waals surface area contributed by atoms with Gasteiger partial charge in [-0.05, 0) is 0 Å². The number of carboxylic acids is 2. The monoisotopic (exact) mass is 251 g/mol. The van der Waals surface area contributed by atoms with Crippen LogP contribution >= 0.6 is 0 Å². The predicted octanol–water partition coefficient (Wildman–Crippen LogP) is -2.24. The summed E-state index contributed by atoms with van der Waals surface area (Å²) in [5.74, 6) is -4.72. The van der Waals surface area contributed by atoms with Gasteiger partial charge in [0.1, 0.15) is 0 Å². The minimum atomic E-state index is -1.36. The number of hydrogen-bond donors (Lipinski definition) is 0. The van der Waals surface area contributed by atoms with Crippen LogP contribution in [0.1, 0.15) is 13.8 Å². The summed E-state index contributed by atoms with van der Waals surface area (Å²) in [7, 11) is 0. The van der Waals surface area contributed by atoms with Crippen LogP contribution in [0.3, 0.4) is 0 Å². The second kappa shape index (κ2) is 5.35. The molecule has 0 bridgehead atoms. The second-order valence-electron chi connectivity index (χ2n) is 2.22. The molecule has 0 N–H and O–H groups in total. The van der Waals surface area contributed by atoms with E-state index in [0.29, 0.717) is 0 Å². The summed E-state index contributed by atoms with van der Waals surface area (Å²) >= 11 is 0. The first-order chi connectivity index (χ1) is 4.46. The molecule has 67 valence electrons. The summed E-state index contributed by atoms with van der Waals surface area (Å²) in [4.78, 5) is 20.1. The van der Waals surface area contributed by atoms with Gasteiger partial charge in [-0.2, -0.15) is 0 Å². The molecule has 0 rings (SSSR count). The summed E-state index contributed by atoms with van der Waals surface area (Å²) in [5, 5.41) is 20.1. The van der Waals surface area contributed by atoms with Crippen molar-refractivity contribution in [3.63, 3.8) is 0 Å². The molecule has 2 unspecified atom stereocenters. The van der Waals surface area contributed by atoms with Gasteiger partial charge < -0.3 is 19.8 Å². The largest absolute Gasteiger partial charge is 2.00 e. The fraction of sp³-hybridized carbons (Fsp3) is 0.667. The molecule has 0 aromatic heterocycles. The molecule has 0 heterocycles. The molecular formula is C6H8AgO4. The molecule has 0 amide bonds. The van der Waals surface area contributed by atoms with Gasteiger partial charge in [0.2, 0.25) is 0 Å². The number of aliphatic carboxylic acids is 2. The van der Waals surface area contributed by atoms with Crippen LogP contribution in [0.2, 0.25) is 0 Å². The summed E-state index contributed by atoms with van der Waals surface area (Å²) < 4.78 is 0. The Bertz CT molecular complexity index is 139. The quantitative estimate of drug-likeness (QED) is 0.532. The molecule has 0 aliphatic rings. The third kappa shape index (κ3) is 4.19. The van der Waals surface area contributed by atoms with Gasteiger partial charge in [-0.3, -0.25) is 0 Å². The Morgan fingerprint density at radius 1 is 1.00 bits per heavy atom. The molecule has 0 fully saturated rings. The fourth-order valence-corrected chi connectivity index (χ4v) is 0.408. The van der Waals surface area contributed by atoms with E-state index in [1.54, 1.807) is 0 Å². The molecule has 0 spiro atoms. The molecule has 11 heavy (non-hydrogen) atoms. The van der Waals surface area contributed by atoms with Crippen molar-refractivity contribution in [1.29, 1.82) is 0 Å². The minimum Gasteiger partial charge on any atom is -0.550 e. The van der Waals surface area contributed by atoms with Crippen molar-refractivity contribution in [2.75, 3.05) is 0 Å². The van der Waals surface area contributed by atoms with Crippen molar-refractivity contribution in [2.45, 2.75) is 13.8 Å². The normalized spacial score (nSPS) is 14.4. The molecular weight excluding hydrogens is 244 g/mol. The van der Waals surface area contributed by atoms with Crippen LogP contribution in [0.4, 0.5) is 0 Å². The van der Waals surface area contributed by atoms with Crippen LogP contribution in [-0.4, -0.2) is 11.9 Å². The van der Waals surface area contributed by atoms with E-state index >= 15 is 0 Å². The van der Waals surface area contributed by atoms with E-state index in [1.165, 1.54) is 13.8 Å². The number of carboxylic acid groups (broad SMARTS) is 2. The van der Waals surface area contributed by atoms with Gasteiger partial charge in [0, 0.05) is 23.8 Å². The van der Waals surface area contributed by atoms with Crippen molar-refractivity contribution < 1.29 is 42.2 Å². The van der Waals surface area contributed by atoms with E-state index in [0.717, 1.165) is 0 Å². The topological polar surface area (TPSA) is 80.3 Å². The van der Waals surface area contributed by atoms with E-state index < -0.39 is 23.8 Å². The minimum absolute atomic E-state index is 0. The Hall–Kier alpha value is -0.320. The maximum absolute atomic E-state index is 10.0. The maximum Gasteiger partial charge on any atom is 2.00 e. The van der Waals surface area contributed by atoms with E-state index in [4.69, 9.17) is 0 Å². The Balaban J connectivity index is 0. The van der Waals surface area contributed by atoms with E-state index in [9.17, 15) is 19.8 Å². The van der Waals surface area contributed by atoms with Crippen LogP contribution in [0.15, 0.2) is 0 Å². The third-order valence-corrected chi connectivity index (χ3v) is 1.49. The summed E-state index contributed by atoms with van der Waals surface area (Å²) in [5.41, 5.74) is 0. The zero-order chi connectivity index (χ0) is 8.31. The van der Waals surface area contributed by atoms with Gasteiger partial charge in [0.25, 0.3) is 0 Å². The SMILES string of the molecule is CC(C(=O)[O-])C(C)C(=O)[O-].[Ag+2]. The molecule has 1 radical (unpaired) electrons. The van der Waals surface area contributed by atoms with Crippen LogP contribution in [0, 0.1) is 11.8 Å². The smallest absolute Gasteiger partial charge is 0.550 e. The maximum atomic E-state index is 10.0. The summed E-state index contributed by atoms with van der Waals surface area (Å²) in [6.45, 7) is 2.55. The predicted molar refractivity (Wildman–Crippen MR) is 28.3 cm³/mol. The van der Waals surface area contributed by atoms with E-state index in [2.05, 4.69) is 0 Å². The van der Waals surface area contributed by atoms with Crippen LogP contribution < -0.4 is 10.2 Å². The molecule has 0 aromatic carbocycles. The molecule has 0 aliphatic carbocycles. The van der Waals surface area contributed by atoms with Crippen LogP contribution in [-0.2, 0) is 32.0 Å². The van der Waals surface area contributed by atoms with Crippen molar-refractivity contribution >= 4 is 11.9 Å². The molecule has 0 saturated heterocycles. The first kappa shape index (κ1) is 13.3. The van der Waals surface area contributed by atoms with Crippen molar-refractivity contribution in [1.82, 2.24) is 0 Å². The molecule has 5 heteroatoms. The Morgan fingerprint density at radius 3 is 1.27 bits per heavy atom. The van der Waals surface area contributed by atoms with Gasteiger partial charge in [0.15, 0.2) is 0 Å².